The predicted octanol–water partition coefficient (Wildman–Crippen LogP) is 2.53. The molecule has 0 saturated carbocycles. The second-order valence-corrected chi connectivity index (χ2v) is 5.90. The summed E-state index contributed by atoms with van der Waals surface area (Å²) in [5.74, 6) is 0.277. The van der Waals surface area contributed by atoms with Gasteiger partial charge in [-0.1, -0.05) is 26.3 Å². The van der Waals surface area contributed by atoms with Gasteiger partial charge in [0.05, 0.1) is 17.5 Å². The van der Waals surface area contributed by atoms with Gasteiger partial charge < -0.3 is 14.8 Å². The number of imidazole rings is 1. The van der Waals surface area contributed by atoms with Gasteiger partial charge in [-0.25, -0.2) is 4.98 Å². The summed E-state index contributed by atoms with van der Waals surface area (Å²) in [5, 5.41) is 13.7. The fourth-order valence-corrected chi connectivity index (χ4v) is 2.39. The van der Waals surface area contributed by atoms with Crippen LogP contribution in [0.1, 0.15) is 38.4 Å². The molecule has 0 spiro atoms. The molecule has 2 aromatic rings. The maximum Gasteiger partial charge on any atom is 0.139 e. The molecule has 2 unspecified atom stereocenters. The van der Waals surface area contributed by atoms with Gasteiger partial charge in [0.1, 0.15) is 5.65 Å². The van der Waals surface area contributed by atoms with Gasteiger partial charge in [0.2, 0.25) is 0 Å². The Bertz CT molecular complexity index is 574. The van der Waals surface area contributed by atoms with E-state index in [0.29, 0.717) is 13.1 Å². The quantitative estimate of drug-likeness (QED) is 0.851. The van der Waals surface area contributed by atoms with Crippen molar-refractivity contribution >= 4 is 5.65 Å². The molecular formula is C16H25N3O. The van der Waals surface area contributed by atoms with Gasteiger partial charge >= 0.3 is 0 Å². The van der Waals surface area contributed by atoms with E-state index in [2.05, 4.69) is 41.5 Å². The fourth-order valence-electron chi connectivity index (χ4n) is 2.39. The summed E-state index contributed by atoms with van der Waals surface area (Å²) in [6.07, 6.45) is 4.90. The first-order valence-electron chi connectivity index (χ1n) is 7.30. The van der Waals surface area contributed by atoms with Crippen LogP contribution >= 0.6 is 0 Å². The van der Waals surface area contributed by atoms with Crippen molar-refractivity contribution in [3.05, 3.63) is 35.8 Å². The smallest absolute Gasteiger partial charge is 0.139 e. The van der Waals surface area contributed by atoms with Crippen LogP contribution in [0.4, 0.5) is 0 Å². The maximum absolute atomic E-state index is 10.4. The lowest BCUT2D eigenvalue weighted by Crippen LogP contribution is -2.42. The second-order valence-electron chi connectivity index (χ2n) is 5.90. The van der Waals surface area contributed by atoms with E-state index in [9.17, 15) is 5.11 Å². The summed E-state index contributed by atoms with van der Waals surface area (Å²) in [7, 11) is 0. The maximum atomic E-state index is 10.4. The minimum Gasteiger partial charge on any atom is -0.389 e. The van der Waals surface area contributed by atoms with Crippen molar-refractivity contribution in [3.63, 3.8) is 0 Å². The molecule has 0 radical (unpaired) electrons. The molecule has 2 aromatic heterocycles. The Morgan fingerprint density at radius 3 is 2.95 bits per heavy atom. The molecule has 4 nitrogen and oxygen atoms in total. The number of nitrogens with zero attached hydrogens (tertiary/aromatic N) is 2. The molecule has 4 heteroatoms. The molecule has 2 heterocycles. The van der Waals surface area contributed by atoms with Crippen LogP contribution in [0, 0.1) is 12.8 Å². The average Bonchev–Trinajstić information content (AvgIpc) is 2.82. The van der Waals surface area contributed by atoms with Crippen LogP contribution in [0.3, 0.4) is 0 Å². The van der Waals surface area contributed by atoms with Crippen molar-refractivity contribution in [2.24, 2.45) is 5.92 Å². The molecule has 0 bridgehead atoms. The summed E-state index contributed by atoms with van der Waals surface area (Å²) in [5.41, 5.74) is 2.61. The number of nitrogens with one attached hydrogen (secondary N) is 1. The molecule has 0 amide bonds. The fraction of sp³-hybridized carbons (Fsp3) is 0.562. The van der Waals surface area contributed by atoms with E-state index in [1.54, 1.807) is 0 Å². The molecule has 0 aliphatic heterocycles. The van der Waals surface area contributed by atoms with Crippen molar-refractivity contribution in [1.82, 2.24) is 14.7 Å². The van der Waals surface area contributed by atoms with E-state index in [1.165, 1.54) is 5.56 Å². The van der Waals surface area contributed by atoms with E-state index < -0.39 is 5.60 Å². The van der Waals surface area contributed by atoms with Gasteiger partial charge in [-0.3, -0.25) is 0 Å². The third kappa shape index (κ3) is 3.02. The summed E-state index contributed by atoms with van der Waals surface area (Å²) < 4.78 is 2.10. The van der Waals surface area contributed by atoms with E-state index >= 15 is 0 Å². The highest BCUT2D eigenvalue weighted by Gasteiger charge is 2.26. The number of fused-ring (bicyclic) bond motifs is 1. The SMILES string of the molecule is CCC(C)C(C)(O)CNCc1cnc2c(C)cccn12. The summed E-state index contributed by atoms with van der Waals surface area (Å²) in [6, 6.07) is 4.09. The highest BCUT2D eigenvalue weighted by atomic mass is 16.3. The Hall–Kier alpha value is -1.39. The lowest BCUT2D eigenvalue weighted by atomic mass is 9.89. The number of rotatable bonds is 6. The zero-order chi connectivity index (χ0) is 14.8. The average molecular weight is 275 g/mol. The normalized spacial score (nSPS) is 16.2. The van der Waals surface area contributed by atoms with Gasteiger partial charge in [0.25, 0.3) is 0 Å². The highest BCUT2D eigenvalue weighted by Crippen LogP contribution is 2.19. The standard InChI is InChI=1S/C16H25N3O/c1-5-13(3)16(4,20)11-17-9-14-10-18-15-12(2)7-6-8-19(14)15/h6-8,10,13,17,20H,5,9,11H2,1-4H3. The molecule has 0 saturated heterocycles. The van der Waals surface area contributed by atoms with Crippen molar-refractivity contribution in [3.8, 4) is 0 Å². The van der Waals surface area contributed by atoms with Crippen molar-refractivity contribution in [2.75, 3.05) is 6.54 Å². The molecule has 2 atom stereocenters. The second kappa shape index (κ2) is 5.94. The molecule has 110 valence electrons. The molecule has 0 aliphatic rings. The van der Waals surface area contributed by atoms with Gasteiger partial charge in [-0.05, 0) is 31.4 Å². The number of aliphatic hydroxyl groups is 1. The zero-order valence-electron chi connectivity index (χ0n) is 12.8. The van der Waals surface area contributed by atoms with Crippen molar-refractivity contribution in [2.45, 2.75) is 46.3 Å². The summed E-state index contributed by atoms with van der Waals surface area (Å²) in [6.45, 7) is 9.43. The Morgan fingerprint density at radius 2 is 2.25 bits per heavy atom. The first-order valence-corrected chi connectivity index (χ1v) is 7.30. The number of aryl methyl sites for hydroxylation is 1. The molecule has 0 fully saturated rings. The van der Waals surface area contributed by atoms with E-state index in [4.69, 9.17) is 0 Å². The molecule has 2 rings (SSSR count). The first kappa shape index (κ1) is 15.0. The number of hydrogen-bond acceptors (Lipinski definition) is 3. The Labute approximate surface area is 120 Å². The van der Waals surface area contributed by atoms with Crippen LogP contribution < -0.4 is 5.32 Å². The van der Waals surface area contributed by atoms with E-state index in [0.717, 1.165) is 17.8 Å². The van der Waals surface area contributed by atoms with Crippen LogP contribution in [0.25, 0.3) is 5.65 Å². The first-order chi connectivity index (χ1) is 9.45. The molecule has 0 aromatic carbocycles. The largest absolute Gasteiger partial charge is 0.389 e. The van der Waals surface area contributed by atoms with Crippen LogP contribution in [-0.4, -0.2) is 26.6 Å². The minimum absolute atomic E-state index is 0.277. The van der Waals surface area contributed by atoms with Crippen molar-refractivity contribution < 1.29 is 5.11 Å². The van der Waals surface area contributed by atoms with Crippen LogP contribution in [-0.2, 0) is 6.54 Å². The molecule has 2 N–H and O–H groups in total. The topological polar surface area (TPSA) is 49.6 Å². The van der Waals surface area contributed by atoms with Gasteiger partial charge in [0.15, 0.2) is 0 Å². The molecular weight excluding hydrogens is 250 g/mol. The lowest BCUT2D eigenvalue weighted by Gasteiger charge is -2.29. The predicted molar refractivity (Wildman–Crippen MR) is 81.7 cm³/mol. The zero-order valence-corrected chi connectivity index (χ0v) is 12.8. The summed E-state index contributed by atoms with van der Waals surface area (Å²) >= 11 is 0. The molecule has 0 aliphatic carbocycles. The Balaban J connectivity index is 2.02. The van der Waals surface area contributed by atoms with E-state index in [-0.39, 0.29) is 5.92 Å². The van der Waals surface area contributed by atoms with Crippen LogP contribution in [0.2, 0.25) is 0 Å². The number of hydrogen-bond donors (Lipinski definition) is 2. The number of aromatic nitrogens is 2. The van der Waals surface area contributed by atoms with E-state index in [1.807, 2.05) is 25.4 Å². The van der Waals surface area contributed by atoms with Crippen LogP contribution in [0.15, 0.2) is 24.5 Å². The Kier molecular flexibility index (Phi) is 4.45. The summed E-state index contributed by atoms with van der Waals surface area (Å²) in [4.78, 5) is 4.45. The van der Waals surface area contributed by atoms with Gasteiger partial charge in [-0.15, -0.1) is 0 Å². The van der Waals surface area contributed by atoms with Gasteiger partial charge in [0, 0.05) is 19.3 Å². The lowest BCUT2D eigenvalue weighted by molar-refractivity contribution is 0.00528. The monoisotopic (exact) mass is 275 g/mol. The van der Waals surface area contributed by atoms with Crippen LogP contribution in [0.5, 0.6) is 0 Å². The third-order valence-corrected chi connectivity index (χ3v) is 4.27. The third-order valence-electron chi connectivity index (χ3n) is 4.27. The van der Waals surface area contributed by atoms with Gasteiger partial charge in [-0.2, -0.15) is 0 Å². The highest BCUT2D eigenvalue weighted by molar-refractivity contribution is 5.48. The molecule has 20 heavy (non-hydrogen) atoms. The van der Waals surface area contributed by atoms with Crippen molar-refractivity contribution in [1.29, 1.82) is 0 Å². The Morgan fingerprint density at radius 1 is 1.50 bits per heavy atom. The number of pyridine rings is 1. The minimum atomic E-state index is -0.675.